The van der Waals surface area contributed by atoms with Gasteiger partial charge in [0.2, 0.25) is 0 Å². The van der Waals surface area contributed by atoms with Crippen LogP contribution >= 0.6 is 27.5 Å². The molecule has 0 radical (unpaired) electrons. The fourth-order valence-electron chi connectivity index (χ4n) is 0.963. The summed E-state index contributed by atoms with van der Waals surface area (Å²) in [6.07, 6.45) is 2.61. The number of nitrogens with zero attached hydrogens (tertiary/aromatic N) is 1. The zero-order valence-electron chi connectivity index (χ0n) is 7.93. The third-order valence-corrected chi connectivity index (χ3v) is 2.42. The van der Waals surface area contributed by atoms with Crippen LogP contribution in [0.4, 0.5) is 5.82 Å². The van der Waals surface area contributed by atoms with Crippen LogP contribution in [0.1, 0.15) is 13.3 Å². The lowest BCUT2D eigenvalue weighted by atomic mass is 10.2. The molecule has 0 saturated heterocycles. The van der Waals surface area contributed by atoms with Crippen molar-refractivity contribution in [3.05, 3.63) is 21.8 Å². The fourth-order valence-corrected chi connectivity index (χ4v) is 1.66. The molecule has 1 aromatic rings. The van der Waals surface area contributed by atoms with E-state index in [9.17, 15) is 0 Å². The highest BCUT2D eigenvalue weighted by Gasteiger charge is 2.02. The summed E-state index contributed by atoms with van der Waals surface area (Å²) in [6.45, 7) is 2.75. The molecule has 78 valence electrons. The van der Waals surface area contributed by atoms with E-state index in [1.165, 1.54) is 0 Å². The molecular formula is C9H13BrClN3. The highest BCUT2D eigenvalue weighted by atomic mass is 79.9. The lowest BCUT2D eigenvalue weighted by Gasteiger charge is -2.08. The van der Waals surface area contributed by atoms with Gasteiger partial charge in [0.15, 0.2) is 0 Å². The normalized spacial score (nSPS) is 12.6. The lowest BCUT2D eigenvalue weighted by Crippen LogP contribution is -2.19. The molecule has 0 spiro atoms. The van der Waals surface area contributed by atoms with Gasteiger partial charge >= 0.3 is 0 Å². The minimum absolute atomic E-state index is 0.191. The van der Waals surface area contributed by atoms with Gasteiger partial charge in [0.05, 0.1) is 5.02 Å². The second kappa shape index (κ2) is 5.53. The molecule has 3 nitrogen and oxygen atoms in total. The van der Waals surface area contributed by atoms with E-state index in [1.807, 2.05) is 13.0 Å². The van der Waals surface area contributed by atoms with Gasteiger partial charge in [0, 0.05) is 23.3 Å². The third kappa shape index (κ3) is 3.82. The number of nitrogens with two attached hydrogens (primary N) is 1. The third-order valence-electron chi connectivity index (χ3n) is 1.70. The molecule has 0 bridgehead atoms. The Bertz CT molecular complexity index is 304. The van der Waals surface area contributed by atoms with Crippen molar-refractivity contribution in [1.82, 2.24) is 4.98 Å². The van der Waals surface area contributed by atoms with Gasteiger partial charge in [-0.25, -0.2) is 4.98 Å². The maximum absolute atomic E-state index is 5.96. The predicted octanol–water partition coefficient (Wildman–Crippen LogP) is 2.65. The van der Waals surface area contributed by atoms with E-state index < -0.39 is 0 Å². The van der Waals surface area contributed by atoms with Crippen LogP contribution < -0.4 is 11.1 Å². The topological polar surface area (TPSA) is 50.9 Å². The Kier molecular flexibility index (Phi) is 4.65. The Hall–Kier alpha value is -0.320. The number of hydrogen-bond donors (Lipinski definition) is 2. The van der Waals surface area contributed by atoms with Crippen LogP contribution in [-0.4, -0.2) is 17.6 Å². The summed E-state index contributed by atoms with van der Waals surface area (Å²) in [5.41, 5.74) is 5.62. The summed E-state index contributed by atoms with van der Waals surface area (Å²) in [7, 11) is 0. The van der Waals surface area contributed by atoms with E-state index >= 15 is 0 Å². The van der Waals surface area contributed by atoms with E-state index in [1.54, 1.807) is 6.20 Å². The molecule has 0 aliphatic carbocycles. The number of nitrogens with one attached hydrogen (secondary N) is 1. The van der Waals surface area contributed by atoms with E-state index in [0.717, 1.165) is 17.4 Å². The molecule has 14 heavy (non-hydrogen) atoms. The van der Waals surface area contributed by atoms with Crippen molar-refractivity contribution in [2.75, 3.05) is 11.9 Å². The Morgan fingerprint density at radius 1 is 1.71 bits per heavy atom. The largest absolute Gasteiger partial charge is 0.369 e. The molecule has 0 aromatic carbocycles. The smallest absolute Gasteiger partial charge is 0.144 e. The van der Waals surface area contributed by atoms with Crippen molar-refractivity contribution in [2.24, 2.45) is 5.73 Å². The van der Waals surface area contributed by atoms with Gasteiger partial charge in [-0.05, 0) is 35.3 Å². The molecule has 0 aliphatic rings. The molecule has 1 unspecified atom stereocenters. The van der Waals surface area contributed by atoms with Crippen LogP contribution in [0, 0.1) is 0 Å². The summed E-state index contributed by atoms with van der Waals surface area (Å²) >= 11 is 9.25. The SMILES string of the molecule is CC(N)CCNc1ncc(Br)cc1Cl. The molecule has 1 heterocycles. The van der Waals surface area contributed by atoms with Gasteiger partial charge in [-0.3, -0.25) is 0 Å². The molecule has 1 atom stereocenters. The second-order valence-corrected chi connectivity index (χ2v) is 4.50. The summed E-state index contributed by atoms with van der Waals surface area (Å²) in [5.74, 6) is 0.704. The van der Waals surface area contributed by atoms with Crippen molar-refractivity contribution >= 4 is 33.3 Å². The van der Waals surface area contributed by atoms with Crippen molar-refractivity contribution in [3.63, 3.8) is 0 Å². The van der Waals surface area contributed by atoms with Crippen LogP contribution in [0.2, 0.25) is 5.02 Å². The van der Waals surface area contributed by atoms with Gasteiger partial charge in [0.25, 0.3) is 0 Å². The first-order chi connectivity index (χ1) is 6.59. The molecule has 1 aromatic heterocycles. The van der Waals surface area contributed by atoms with Crippen LogP contribution in [0.15, 0.2) is 16.7 Å². The van der Waals surface area contributed by atoms with Crippen molar-refractivity contribution < 1.29 is 0 Å². The zero-order chi connectivity index (χ0) is 10.6. The molecule has 1 rings (SSSR count). The highest BCUT2D eigenvalue weighted by molar-refractivity contribution is 9.10. The Morgan fingerprint density at radius 2 is 2.43 bits per heavy atom. The number of rotatable bonds is 4. The van der Waals surface area contributed by atoms with Crippen LogP contribution in [0.3, 0.4) is 0 Å². The Morgan fingerprint density at radius 3 is 3.00 bits per heavy atom. The van der Waals surface area contributed by atoms with Crippen LogP contribution in [-0.2, 0) is 0 Å². The van der Waals surface area contributed by atoms with Gasteiger partial charge < -0.3 is 11.1 Å². The predicted molar refractivity (Wildman–Crippen MR) is 63.7 cm³/mol. The molecule has 0 aliphatic heterocycles. The summed E-state index contributed by atoms with van der Waals surface area (Å²) in [4.78, 5) is 4.14. The van der Waals surface area contributed by atoms with Crippen LogP contribution in [0.25, 0.3) is 0 Å². The second-order valence-electron chi connectivity index (χ2n) is 3.18. The molecule has 5 heteroatoms. The first-order valence-electron chi connectivity index (χ1n) is 4.40. The lowest BCUT2D eigenvalue weighted by molar-refractivity contribution is 0.689. The van der Waals surface area contributed by atoms with Gasteiger partial charge in [-0.15, -0.1) is 0 Å². The minimum Gasteiger partial charge on any atom is -0.369 e. The van der Waals surface area contributed by atoms with Gasteiger partial charge in [-0.2, -0.15) is 0 Å². The number of hydrogen-bond acceptors (Lipinski definition) is 3. The van der Waals surface area contributed by atoms with Crippen LogP contribution in [0.5, 0.6) is 0 Å². The van der Waals surface area contributed by atoms with Crippen molar-refractivity contribution in [2.45, 2.75) is 19.4 Å². The molecule has 3 N–H and O–H groups in total. The average molecular weight is 279 g/mol. The highest BCUT2D eigenvalue weighted by Crippen LogP contribution is 2.22. The van der Waals surface area contributed by atoms with Crippen molar-refractivity contribution in [1.29, 1.82) is 0 Å². The average Bonchev–Trinajstić information content (AvgIpc) is 2.08. The summed E-state index contributed by atoms with van der Waals surface area (Å²) < 4.78 is 0.875. The molecule has 0 fully saturated rings. The Balaban J connectivity index is 2.51. The summed E-state index contributed by atoms with van der Waals surface area (Å²) in [5, 5.41) is 3.74. The molecule has 0 saturated carbocycles. The molecular weight excluding hydrogens is 265 g/mol. The first-order valence-corrected chi connectivity index (χ1v) is 5.57. The van der Waals surface area contributed by atoms with Gasteiger partial charge in [0.1, 0.15) is 5.82 Å². The number of aromatic nitrogens is 1. The van der Waals surface area contributed by atoms with E-state index in [0.29, 0.717) is 10.8 Å². The fraction of sp³-hybridized carbons (Fsp3) is 0.444. The monoisotopic (exact) mass is 277 g/mol. The van der Waals surface area contributed by atoms with E-state index in [-0.39, 0.29) is 6.04 Å². The van der Waals surface area contributed by atoms with E-state index in [2.05, 4.69) is 26.2 Å². The quantitative estimate of drug-likeness (QED) is 0.890. The summed E-state index contributed by atoms with van der Waals surface area (Å²) in [6, 6.07) is 2.00. The maximum atomic E-state index is 5.96. The zero-order valence-corrected chi connectivity index (χ0v) is 10.3. The molecule has 0 amide bonds. The van der Waals surface area contributed by atoms with E-state index in [4.69, 9.17) is 17.3 Å². The minimum atomic E-state index is 0.191. The standard InChI is InChI=1S/C9H13BrClN3/c1-6(12)2-3-13-9-8(11)4-7(10)5-14-9/h4-6H,2-3,12H2,1H3,(H,13,14). The van der Waals surface area contributed by atoms with Gasteiger partial charge in [-0.1, -0.05) is 11.6 Å². The maximum Gasteiger partial charge on any atom is 0.144 e. The number of pyridine rings is 1. The first kappa shape index (κ1) is 11.8. The number of anilines is 1. The number of halogens is 2. The Labute approximate surface area is 97.2 Å². The van der Waals surface area contributed by atoms with Crippen molar-refractivity contribution in [3.8, 4) is 0 Å².